The van der Waals surface area contributed by atoms with Crippen molar-refractivity contribution in [3.05, 3.63) is 53.6 Å². The molecule has 0 saturated heterocycles. The Morgan fingerprint density at radius 2 is 2.06 bits per heavy atom. The molecule has 0 fully saturated rings. The number of rotatable bonds is 2. The highest BCUT2D eigenvalue weighted by molar-refractivity contribution is 5.75. The molecule has 0 spiro atoms. The number of hydrogen-bond acceptors (Lipinski definition) is 2. The monoisotopic (exact) mass is 211 g/mol. The van der Waals surface area contributed by atoms with Gasteiger partial charge in [0.1, 0.15) is 0 Å². The Kier molecular flexibility index (Phi) is 3.19. The minimum Gasteiger partial charge on any atom is -0.377 e. The molecule has 1 unspecified atom stereocenters. The zero-order valence-corrected chi connectivity index (χ0v) is 9.18. The van der Waals surface area contributed by atoms with Crippen LogP contribution in [0.1, 0.15) is 17.5 Å². The molecule has 0 aliphatic heterocycles. The van der Waals surface area contributed by atoms with E-state index in [1.165, 1.54) is 5.57 Å². The second-order valence-electron chi connectivity index (χ2n) is 3.72. The van der Waals surface area contributed by atoms with Gasteiger partial charge < -0.3 is 4.74 Å². The molecule has 0 heterocycles. The van der Waals surface area contributed by atoms with Crippen LogP contribution in [0, 0.1) is 11.3 Å². The Balaban J connectivity index is 2.18. The van der Waals surface area contributed by atoms with E-state index < -0.39 is 0 Å². The molecule has 0 bridgehead atoms. The Morgan fingerprint density at radius 3 is 2.56 bits per heavy atom. The van der Waals surface area contributed by atoms with E-state index in [9.17, 15) is 0 Å². The van der Waals surface area contributed by atoms with Gasteiger partial charge in [-0.2, -0.15) is 5.26 Å². The van der Waals surface area contributed by atoms with E-state index in [4.69, 9.17) is 10.00 Å². The first-order chi connectivity index (χ1) is 7.83. The van der Waals surface area contributed by atoms with Crippen LogP contribution in [-0.4, -0.2) is 13.2 Å². The molecular weight excluding hydrogens is 198 g/mol. The fourth-order valence-corrected chi connectivity index (χ4v) is 1.73. The first-order valence-electron chi connectivity index (χ1n) is 5.25. The quantitative estimate of drug-likeness (QED) is 0.753. The highest BCUT2D eigenvalue weighted by Crippen LogP contribution is 2.22. The highest BCUT2D eigenvalue weighted by Gasteiger charge is 2.08. The van der Waals surface area contributed by atoms with E-state index in [2.05, 4.69) is 24.3 Å². The van der Waals surface area contributed by atoms with Crippen molar-refractivity contribution in [3.8, 4) is 6.07 Å². The van der Waals surface area contributed by atoms with E-state index in [-0.39, 0.29) is 6.10 Å². The maximum atomic E-state index is 8.71. The van der Waals surface area contributed by atoms with E-state index in [1.54, 1.807) is 7.11 Å². The maximum Gasteiger partial charge on any atom is 0.0991 e. The van der Waals surface area contributed by atoms with Crippen LogP contribution >= 0.6 is 0 Å². The molecule has 0 radical (unpaired) electrons. The number of allylic oxidation sites excluding steroid dienone is 2. The molecule has 1 aliphatic carbocycles. The lowest BCUT2D eigenvalue weighted by Crippen LogP contribution is -2.07. The molecule has 0 amide bonds. The molecule has 1 atom stereocenters. The molecule has 0 aromatic heterocycles. The molecule has 1 aromatic carbocycles. The van der Waals surface area contributed by atoms with Crippen LogP contribution in [-0.2, 0) is 4.74 Å². The second-order valence-corrected chi connectivity index (χ2v) is 3.72. The minimum absolute atomic E-state index is 0.196. The van der Waals surface area contributed by atoms with Gasteiger partial charge >= 0.3 is 0 Å². The van der Waals surface area contributed by atoms with Gasteiger partial charge in [0.05, 0.1) is 17.7 Å². The zero-order chi connectivity index (χ0) is 11.4. The lowest BCUT2D eigenvalue weighted by Gasteiger charge is -2.14. The smallest absolute Gasteiger partial charge is 0.0991 e. The average molecular weight is 211 g/mol. The van der Waals surface area contributed by atoms with E-state index in [0.717, 1.165) is 12.0 Å². The summed E-state index contributed by atoms with van der Waals surface area (Å²) in [6, 6.07) is 9.74. The van der Waals surface area contributed by atoms with Gasteiger partial charge in [-0.3, -0.25) is 0 Å². The summed E-state index contributed by atoms with van der Waals surface area (Å²) in [5.74, 6) is 0. The molecule has 16 heavy (non-hydrogen) atoms. The van der Waals surface area contributed by atoms with Crippen molar-refractivity contribution >= 4 is 5.57 Å². The third-order valence-electron chi connectivity index (χ3n) is 2.71. The topological polar surface area (TPSA) is 33.0 Å². The van der Waals surface area contributed by atoms with Crippen LogP contribution in [0.3, 0.4) is 0 Å². The van der Waals surface area contributed by atoms with Crippen LogP contribution in [0.5, 0.6) is 0 Å². The van der Waals surface area contributed by atoms with Gasteiger partial charge in [-0.1, -0.05) is 30.4 Å². The first-order valence-corrected chi connectivity index (χ1v) is 5.25. The van der Waals surface area contributed by atoms with Crippen LogP contribution < -0.4 is 0 Å². The first kappa shape index (κ1) is 10.7. The molecular formula is C14H13NO. The third kappa shape index (κ3) is 2.21. The molecule has 1 aromatic rings. The SMILES string of the molecule is COC1C=CC(c2ccc(C#N)cc2)=CC1. The van der Waals surface area contributed by atoms with E-state index >= 15 is 0 Å². The molecule has 0 N–H and O–H groups in total. The van der Waals surface area contributed by atoms with Crippen molar-refractivity contribution < 1.29 is 4.74 Å². The van der Waals surface area contributed by atoms with Crippen LogP contribution in [0.25, 0.3) is 5.57 Å². The maximum absolute atomic E-state index is 8.71. The lowest BCUT2D eigenvalue weighted by atomic mass is 9.98. The van der Waals surface area contributed by atoms with Crippen LogP contribution in [0.15, 0.2) is 42.5 Å². The van der Waals surface area contributed by atoms with Crippen molar-refractivity contribution in [3.63, 3.8) is 0 Å². The van der Waals surface area contributed by atoms with Gasteiger partial charge in [-0.25, -0.2) is 0 Å². The van der Waals surface area contributed by atoms with Crippen molar-refractivity contribution in [2.75, 3.05) is 7.11 Å². The fraction of sp³-hybridized carbons (Fsp3) is 0.214. The van der Waals surface area contributed by atoms with Gasteiger partial charge in [0.25, 0.3) is 0 Å². The van der Waals surface area contributed by atoms with Crippen LogP contribution in [0.2, 0.25) is 0 Å². The Morgan fingerprint density at radius 1 is 1.31 bits per heavy atom. The number of nitrogens with zero attached hydrogens (tertiary/aromatic N) is 1. The Hall–Kier alpha value is -1.85. The van der Waals surface area contributed by atoms with Gasteiger partial charge in [-0.15, -0.1) is 0 Å². The number of benzene rings is 1. The molecule has 2 rings (SSSR count). The summed E-state index contributed by atoms with van der Waals surface area (Å²) in [5, 5.41) is 8.71. The van der Waals surface area contributed by atoms with Gasteiger partial charge in [0.2, 0.25) is 0 Å². The normalized spacial score (nSPS) is 19.0. The van der Waals surface area contributed by atoms with Gasteiger partial charge in [-0.05, 0) is 29.7 Å². The number of nitriles is 1. The average Bonchev–Trinajstić information content (AvgIpc) is 2.39. The number of ether oxygens (including phenoxy) is 1. The standard InChI is InChI=1S/C14H13NO/c1-16-14-8-6-13(7-9-14)12-4-2-11(10-15)3-5-12/h2-8,14H,9H2,1H3. The van der Waals surface area contributed by atoms with Crippen molar-refractivity contribution in [1.82, 2.24) is 0 Å². The molecule has 2 heteroatoms. The summed E-state index contributed by atoms with van der Waals surface area (Å²) in [6.45, 7) is 0. The second kappa shape index (κ2) is 4.78. The van der Waals surface area contributed by atoms with Crippen molar-refractivity contribution in [2.45, 2.75) is 12.5 Å². The third-order valence-corrected chi connectivity index (χ3v) is 2.71. The zero-order valence-electron chi connectivity index (χ0n) is 9.18. The summed E-state index contributed by atoms with van der Waals surface area (Å²) in [5.41, 5.74) is 3.03. The predicted molar refractivity (Wildman–Crippen MR) is 63.7 cm³/mol. The van der Waals surface area contributed by atoms with Crippen molar-refractivity contribution in [1.29, 1.82) is 5.26 Å². The largest absolute Gasteiger partial charge is 0.377 e. The number of methoxy groups -OCH3 is 1. The molecule has 1 aliphatic rings. The Bertz CT molecular complexity index is 463. The summed E-state index contributed by atoms with van der Waals surface area (Å²) < 4.78 is 5.24. The summed E-state index contributed by atoms with van der Waals surface area (Å²) in [4.78, 5) is 0. The van der Waals surface area contributed by atoms with E-state index in [0.29, 0.717) is 5.56 Å². The minimum atomic E-state index is 0.196. The van der Waals surface area contributed by atoms with Gasteiger partial charge in [0, 0.05) is 7.11 Å². The van der Waals surface area contributed by atoms with Crippen molar-refractivity contribution in [2.24, 2.45) is 0 Å². The van der Waals surface area contributed by atoms with Gasteiger partial charge in [0.15, 0.2) is 0 Å². The highest BCUT2D eigenvalue weighted by atomic mass is 16.5. The fourth-order valence-electron chi connectivity index (χ4n) is 1.73. The summed E-state index contributed by atoms with van der Waals surface area (Å²) in [7, 11) is 1.72. The number of hydrogen-bond donors (Lipinski definition) is 0. The molecule has 80 valence electrons. The predicted octanol–water partition coefficient (Wildman–Crippen LogP) is 2.92. The molecule has 0 saturated carbocycles. The van der Waals surface area contributed by atoms with E-state index in [1.807, 2.05) is 24.3 Å². The van der Waals surface area contributed by atoms with Crippen LogP contribution in [0.4, 0.5) is 0 Å². The molecule has 2 nitrogen and oxygen atoms in total. The summed E-state index contributed by atoms with van der Waals surface area (Å²) in [6.07, 6.45) is 7.40. The lowest BCUT2D eigenvalue weighted by molar-refractivity contribution is 0.143. The Labute approximate surface area is 95.5 Å². The summed E-state index contributed by atoms with van der Waals surface area (Å²) >= 11 is 0.